The molecule has 0 aromatic carbocycles. The average molecular weight is 611 g/mol. The maximum absolute atomic E-state index is 12.4. The predicted molar refractivity (Wildman–Crippen MR) is 178 cm³/mol. The van der Waals surface area contributed by atoms with Crippen molar-refractivity contribution in [3.63, 3.8) is 0 Å². The van der Waals surface area contributed by atoms with Gasteiger partial charge in [-0.1, -0.05) is 156 Å². The molecule has 0 aliphatic heterocycles. The highest BCUT2D eigenvalue weighted by atomic mass is 16.6. The summed E-state index contributed by atoms with van der Waals surface area (Å²) in [7, 11) is 0. The highest BCUT2D eigenvalue weighted by molar-refractivity contribution is 5.71. The molecule has 0 aromatic rings. The van der Waals surface area contributed by atoms with Gasteiger partial charge in [0.15, 0.2) is 6.10 Å². The molecule has 0 bridgehead atoms. The zero-order valence-corrected chi connectivity index (χ0v) is 28.9. The van der Waals surface area contributed by atoms with Gasteiger partial charge in [-0.2, -0.15) is 0 Å². The maximum Gasteiger partial charge on any atom is 0.306 e. The minimum Gasteiger partial charge on any atom is -0.462 e. The molecular formula is C37H70O6. The second kappa shape index (κ2) is 31.8. The van der Waals surface area contributed by atoms with Crippen LogP contribution in [0, 0.1) is 5.92 Å². The Hall–Kier alpha value is -1.59. The summed E-state index contributed by atoms with van der Waals surface area (Å²) < 4.78 is 16.4. The zero-order chi connectivity index (χ0) is 31.8. The third kappa shape index (κ3) is 31.6. The van der Waals surface area contributed by atoms with Crippen molar-refractivity contribution in [1.82, 2.24) is 0 Å². The van der Waals surface area contributed by atoms with Gasteiger partial charge in [0.05, 0.1) is 0 Å². The number of ether oxygens (including phenoxy) is 3. The van der Waals surface area contributed by atoms with E-state index in [1.807, 2.05) is 0 Å². The lowest BCUT2D eigenvalue weighted by Crippen LogP contribution is -2.30. The van der Waals surface area contributed by atoms with Gasteiger partial charge in [0.1, 0.15) is 13.2 Å². The molecule has 0 aromatic heterocycles. The van der Waals surface area contributed by atoms with Gasteiger partial charge in [0.25, 0.3) is 0 Å². The van der Waals surface area contributed by atoms with Crippen LogP contribution in [-0.2, 0) is 28.6 Å². The summed E-state index contributed by atoms with van der Waals surface area (Å²) in [6, 6.07) is 0. The molecule has 1 atom stereocenters. The van der Waals surface area contributed by atoms with E-state index < -0.39 is 6.10 Å². The highest BCUT2D eigenvalue weighted by Crippen LogP contribution is 2.14. The molecule has 0 aliphatic carbocycles. The zero-order valence-electron chi connectivity index (χ0n) is 28.9. The van der Waals surface area contributed by atoms with E-state index >= 15 is 0 Å². The van der Waals surface area contributed by atoms with Crippen LogP contribution in [0.25, 0.3) is 0 Å². The van der Waals surface area contributed by atoms with Crippen molar-refractivity contribution in [3.8, 4) is 0 Å². The Bertz CT molecular complexity index is 647. The van der Waals surface area contributed by atoms with Crippen molar-refractivity contribution in [3.05, 3.63) is 0 Å². The van der Waals surface area contributed by atoms with Crippen LogP contribution < -0.4 is 0 Å². The van der Waals surface area contributed by atoms with Crippen LogP contribution in [-0.4, -0.2) is 37.2 Å². The minimum absolute atomic E-state index is 0.0672. The van der Waals surface area contributed by atoms with Crippen LogP contribution in [0.5, 0.6) is 0 Å². The lowest BCUT2D eigenvalue weighted by molar-refractivity contribution is -0.167. The van der Waals surface area contributed by atoms with Gasteiger partial charge < -0.3 is 14.2 Å². The van der Waals surface area contributed by atoms with E-state index in [4.69, 9.17) is 14.2 Å². The van der Waals surface area contributed by atoms with Gasteiger partial charge in [-0.25, -0.2) is 0 Å². The van der Waals surface area contributed by atoms with Gasteiger partial charge in [-0.3, -0.25) is 14.4 Å². The third-order valence-electron chi connectivity index (χ3n) is 8.04. The van der Waals surface area contributed by atoms with Crippen molar-refractivity contribution in [2.75, 3.05) is 13.2 Å². The Morgan fingerprint density at radius 3 is 1.14 bits per heavy atom. The molecule has 0 N–H and O–H groups in total. The molecule has 0 amide bonds. The van der Waals surface area contributed by atoms with E-state index in [0.29, 0.717) is 19.3 Å². The fourth-order valence-corrected chi connectivity index (χ4v) is 5.21. The van der Waals surface area contributed by atoms with E-state index in [0.717, 1.165) is 70.1 Å². The minimum atomic E-state index is -0.755. The molecule has 0 fully saturated rings. The molecule has 0 rings (SSSR count). The number of rotatable bonds is 32. The summed E-state index contributed by atoms with van der Waals surface area (Å²) >= 11 is 0. The van der Waals surface area contributed by atoms with Crippen LogP contribution in [0.4, 0.5) is 0 Å². The molecule has 6 heteroatoms. The second-order valence-electron chi connectivity index (χ2n) is 13.0. The summed E-state index contributed by atoms with van der Waals surface area (Å²) in [5.41, 5.74) is 0. The molecule has 0 heterocycles. The van der Waals surface area contributed by atoms with E-state index in [9.17, 15) is 14.4 Å². The van der Waals surface area contributed by atoms with Gasteiger partial charge in [0, 0.05) is 19.3 Å². The fraction of sp³-hybridized carbons (Fsp3) is 0.919. The SMILES string of the molecule is CCCCCCCCCCCCC(=O)OC[C@H](COC(=O)CCCCCCCCCC(C)C)OC(=O)CCCCCCC. The Morgan fingerprint density at radius 1 is 0.442 bits per heavy atom. The van der Waals surface area contributed by atoms with Gasteiger partial charge in [0.2, 0.25) is 0 Å². The quantitative estimate of drug-likeness (QED) is 0.0428. The number of carbonyl (C=O) groups excluding carboxylic acids is 3. The predicted octanol–water partition coefficient (Wildman–Crippen LogP) is 10.8. The highest BCUT2D eigenvalue weighted by Gasteiger charge is 2.19. The molecule has 0 unspecified atom stereocenters. The molecular weight excluding hydrogens is 540 g/mol. The van der Waals surface area contributed by atoms with Crippen molar-refractivity contribution >= 4 is 17.9 Å². The van der Waals surface area contributed by atoms with Crippen molar-refractivity contribution < 1.29 is 28.6 Å². The van der Waals surface area contributed by atoms with E-state index in [-0.39, 0.29) is 31.1 Å². The lowest BCUT2D eigenvalue weighted by atomic mass is 10.0. The molecule has 43 heavy (non-hydrogen) atoms. The standard InChI is InChI=1S/C37H70O6/c1-5-7-9-11-12-13-14-17-21-24-28-35(38)41-31-34(43-37(40)30-26-19-10-8-6-2)32-42-36(39)29-25-22-18-15-16-20-23-27-33(3)4/h33-34H,5-32H2,1-4H3/t34-/m1/s1. The van der Waals surface area contributed by atoms with Crippen LogP contribution in [0.3, 0.4) is 0 Å². The van der Waals surface area contributed by atoms with E-state index in [2.05, 4.69) is 27.7 Å². The maximum atomic E-state index is 12.4. The topological polar surface area (TPSA) is 78.9 Å². The van der Waals surface area contributed by atoms with E-state index in [1.54, 1.807) is 0 Å². The summed E-state index contributed by atoms with van der Waals surface area (Å²) in [5, 5.41) is 0. The Kier molecular flexibility index (Phi) is 30.6. The fourth-order valence-electron chi connectivity index (χ4n) is 5.21. The van der Waals surface area contributed by atoms with Crippen molar-refractivity contribution in [1.29, 1.82) is 0 Å². The Morgan fingerprint density at radius 2 is 0.767 bits per heavy atom. The number of unbranched alkanes of at least 4 members (excludes halogenated alkanes) is 19. The third-order valence-corrected chi connectivity index (χ3v) is 8.04. The average Bonchev–Trinajstić information content (AvgIpc) is 2.98. The molecule has 254 valence electrons. The molecule has 0 saturated carbocycles. The first-order valence-electron chi connectivity index (χ1n) is 18.4. The first-order valence-corrected chi connectivity index (χ1v) is 18.4. The van der Waals surface area contributed by atoms with Crippen LogP contribution >= 0.6 is 0 Å². The van der Waals surface area contributed by atoms with Crippen molar-refractivity contribution in [2.45, 2.75) is 201 Å². The summed E-state index contributed by atoms with van der Waals surface area (Å²) in [6.45, 7) is 8.81. The summed E-state index contributed by atoms with van der Waals surface area (Å²) in [4.78, 5) is 37.1. The normalized spacial score (nSPS) is 11.9. The number of hydrogen-bond acceptors (Lipinski definition) is 6. The second-order valence-corrected chi connectivity index (χ2v) is 13.0. The van der Waals surface area contributed by atoms with Gasteiger partial charge >= 0.3 is 17.9 Å². The molecule has 0 aliphatic rings. The smallest absolute Gasteiger partial charge is 0.306 e. The Balaban J connectivity index is 4.26. The lowest BCUT2D eigenvalue weighted by Gasteiger charge is -2.18. The summed E-state index contributed by atoms with van der Waals surface area (Å²) in [6.07, 6.45) is 27.0. The Labute approximate surface area is 266 Å². The molecule has 0 saturated heterocycles. The molecule has 0 radical (unpaired) electrons. The van der Waals surface area contributed by atoms with Crippen LogP contribution in [0.1, 0.15) is 195 Å². The summed E-state index contributed by atoms with van der Waals surface area (Å²) in [5.74, 6) is -0.104. The van der Waals surface area contributed by atoms with Gasteiger partial charge in [-0.05, 0) is 25.2 Å². The van der Waals surface area contributed by atoms with E-state index in [1.165, 1.54) is 83.5 Å². The largest absolute Gasteiger partial charge is 0.462 e. The number of hydrogen-bond donors (Lipinski definition) is 0. The number of esters is 3. The first kappa shape index (κ1) is 41.4. The number of carbonyl (C=O) groups is 3. The first-order chi connectivity index (χ1) is 20.9. The van der Waals surface area contributed by atoms with Gasteiger partial charge in [-0.15, -0.1) is 0 Å². The van der Waals surface area contributed by atoms with Crippen molar-refractivity contribution in [2.24, 2.45) is 5.92 Å². The molecule has 6 nitrogen and oxygen atoms in total. The molecule has 0 spiro atoms. The van der Waals surface area contributed by atoms with Crippen LogP contribution in [0.15, 0.2) is 0 Å². The van der Waals surface area contributed by atoms with Crippen LogP contribution in [0.2, 0.25) is 0 Å². The monoisotopic (exact) mass is 611 g/mol.